The first-order valence-corrected chi connectivity index (χ1v) is 18.9. The normalized spacial score (nSPS) is 12.8. The van der Waals surface area contributed by atoms with E-state index in [0.29, 0.717) is 17.4 Å². The molecule has 0 atom stereocenters. The molecule has 0 aliphatic heterocycles. The van der Waals surface area contributed by atoms with E-state index in [1.807, 2.05) is 36.4 Å². The third kappa shape index (κ3) is 8.16. The number of aryl methyl sites for hydroxylation is 1. The van der Waals surface area contributed by atoms with Gasteiger partial charge in [-0.25, -0.2) is 13.4 Å². The first-order chi connectivity index (χ1) is 25.4. The summed E-state index contributed by atoms with van der Waals surface area (Å²) in [6.07, 6.45) is 6.38. The van der Waals surface area contributed by atoms with Crippen LogP contribution in [0.3, 0.4) is 0 Å². The van der Waals surface area contributed by atoms with Crippen LogP contribution in [0, 0.1) is 0 Å². The van der Waals surface area contributed by atoms with Gasteiger partial charge in [0.15, 0.2) is 5.03 Å². The third-order valence-electron chi connectivity index (χ3n) is 9.70. The van der Waals surface area contributed by atoms with Gasteiger partial charge in [-0.05, 0) is 97.3 Å². The van der Waals surface area contributed by atoms with Gasteiger partial charge in [0, 0.05) is 49.8 Å². The number of benzene rings is 3. The minimum Gasteiger partial charge on any atom is -0.497 e. The Kier molecular flexibility index (Phi) is 11.1. The molecule has 1 aliphatic carbocycles. The summed E-state index contributed by atoms with van der Waals surface area (Å²) in [4.78, 5) is 19.7. The molecule has 5 aromatic rings. The summed E-state index contributed by atoms with van der Waals surface area (Å²) in [5.74, 6) is 1.50. The molecule has 0 saturated carbocycles. The molecule has 2 N–H and O–H groups in total. The van der Waals surface area contributed by atoms with Gasteiger partial charge < -0.3 is 24.8 Å². The number of ether oxygens (including phenoxy) is 3. The maximum absolute atomic E-state index is 14.2. The van der Waals surface area contributed by atoms with E-state index in [-0.39, 0.29) is 37.2 Å². The fraction of sp³-hybridized carbons (Fsp3) is 0.325. The highest BCUT2D eigenvalue weighted by molar-refractivity contribution is 7.89. The van der Waals surface area contributed by atoms with Crippen LogP contribution in [0.2, 0.25) is 0 Å². The first kappa shape index (κ1) is 37.4. The number of aromatic nitrogens is 3. The van der Waals surface area contributed by atoms with Crippen LogP contribution in [-0.2, 0) is 46.3 Å². The summed E-state index contributed by atoms with van der Waals surface area (Å²) in [6.45, 7) is 4.05. The minimum absolute atomic E-state index is 0.0920. The van der Waals surface area contributed by atoms with Gasteiger partial charge >= 0.3 is 0 Å². The van der Waals surface area contributed by atoms with E-state index in [4.69, 9.17) is 19.9 Å². The summed E-state index contributed by atoms with van der Waals surface area (Å²) in [7, 11) is 0.721. The van der Waals surface area contributed by atoms with Gasteiger partial charge in [0.05, 0.1) is 20.8 Å². The molecular formula is C40H46N6O6S. The molecule has 12 nitrogen and oxygen atoms in total. The van der Waals surface area contributed by atoms with Gasteiger partial charge in [0.2, 0.25) is 11.8 Å². The van der Waals surface area contributed by atoms with Crippen LogP contribution in [0.1, 0.15) is 42.5 Å². The predicted molar refractivity (Wildman–Crippen MR) is 203 cm³/mol. The summed E-state index contributed by atoms with van der Waals surface area (Å²) in [6, 6.07) is 23.9. The zero-order valence-corrected chi connectivity index (χ0v) is 31.6. The molecule has 0 spiro atoms. The molecule has 3 aromatic carbocycles. The Balaban J connectivity index is 1.13. The SMILES string of the molecule is COc1ccc(CN(Cc2ccc(OC)cc2)S(=O)(=O)c2ccn(C(C)(C)C(=O)N(C)CCOc3cc(-c4ccc5c(c4N)CCC5)ccn3)n2)cc1. The molecule has 0 fully saturated rings. The quantitative estimate of drug-likeness (QED) is 0.134. The lowest BCUT2D eigenvalue weighted by Gasteiger charge is -2.29. The highest BCUT2D eigenvalue weighted by Gasteiger charge is 2.36. The summed E-state index contributed by atoms with van der Waals surface area (Å²) in [5.41, 5.74) is 12.1. The molecule has 2 aromatic heterocycles. The molecule has 0 radical (unpaired) electrons. The second-order valence-electron chi connectivity index (χ2n) is 13.6. The zero-order valence-electron chi connectivity index (χ0n) is 30.8. The van der Waals surface area contributed by atoms with Crippen molar-refractivity contribution in [3.05, 3.63) is 114 Å². The Bertz CT molecular complexity index is 2120. The molecular weight excluding hydrogens is 693 g/mol. The van der Waals surface area contributed by atoms with Gasteiger partial charge in [-0.15, -0.1) is 0 Å². The van der Waals surface area contributed by atoms with Crippen molar-refractivity contribution in [2.24, 2.45) is 0 Å². The summed E-state index contributed by atoms with van der Waals surface area (Å²) >= 11 is 0. The Morgan fingerprint density at radius 3 is 2.17 bits per heavy atom. The molecule has 0 bridgehead atoms. The Labute approximate surface area is 311 Å². The average Bonchev–Trinajstić information content (AvgIpc) is 3.87. The molecule has 6 rings (SSSR count). The lowest BCUT2D eigenvalue weighted by Crippen LogP contribution is -2.46. The highest BCUT2D eigenvalue weighted by Crippen LogP contribution is 2.36. The first-order valence-electron chi connectivity index (χ1n) is 17.5. The number of likely N-dealkylation sites (N-methyl/N-ethyl adjacent to an activating group) is 1. The zero-order chi connectivity index (χ0) is 37.8. The number of nitrogens with zero attached hydrogens (tertiary/aromatic N) is 5. The minimum atomic E-state index is -4.11. The second kappa shape index (κ2) is 15.7. The van der Waals surface area contributed by atoms with Crippen molar-refractivity contribution in [1.82, 2.24) is 24.0 Å². The van der Waals surface area contributed by atoms with Crippen LogP contribution in [-0.4, -0.2) is 72.7 Å². The Morgan fingerprint density at radius 2 is 1.55 bits per heavy atom. The van der Waals surface area contributed by atoms with Crippen LogP contribution < -0.4 is 19.9 Å². The molecule has 1 amide bonds. The number of hydrogen-bond donors (Lipinski definition) is 1. The van der Waals surface area contributed by atoms with E-state index in [2.05, 4.69) is 22.2 Å². The average molecular weight is 739 g/mol. The van der Waals surface area contributed by atoms with Crippen molar-refractivity contribution < 1.29 is 27.4 Å². The number of methoxy groups -OCH3 is 2. The Morgan fingerprint density at radius 1 is 0.906 bits per heavy atom. The number of carbonyl (C=O) groups excluding carboxylic acids is 1. The molecule has 53 heavy (non-hydrogen) atoms. The van der Waals surface area contributed by atoms with Gasteiger partial charge in [-0.3, -0.25) is 9.48 Å². The van der Waals surface area contributed by atoms with Gasteiger partial charge in [0.1, 0.15) is 23.6 Å². The predicted octanol–water partition coefficient (Wildman–Crippen LogP) is 5.70. The van der Waals surface area contributed by atoms with Crippen LogP contribution in [0.4, 0.5) is 5.69 Å². The van der Waals surface area contributed by atoms with Gasteiger partial charge in [0.25, 0.3) is 10.0 Å². The Hall–Kier alpha value is -5.40. The highest BCUT2D eigenvalue weighted by atomic mass is 32.2. The van der Waals surface area contributed by atoms with Crippen molar-refractivity contribution in [3.8, 4) is 28.5 Å². The summed E-state index contributed by atoms with van der Waals surface area (Å²) < 4.78 is 47.6. The van der Waals surface area contributed by atoms with Crippen LogP contribution in [0.5, 0.6) is 17.4 Å². The molecule has 278 valence electrons. The number of rotatable bonds is 15. The number of pyridine rings is 1. The number of sulfonamides is 1. The van der Waals surface area contributed by atoms with E-state index < -0.39 is 15.6 Å². The number of anilines is 1. The smallest absolute Gasteiger partial charge is 0.262 e. The largest absolute Gasteiger partial charge is 0.497 e. The van der Waals surface area contributed by atoms with Crippen molar-refractivity contribution in [2.45, 2.75) is 56.8 Å². The fourth-order valence-electron chi connectivity index (χ4n) is 6.54. The van der Waals surface area contributed by atoms with Crippen molar-refractivity contribution in [1.29, 1.82) is 0 Å². The number of carbonyl (C=O) groups is 1. The monoisotopic (exact) mass is 738 g/mol. The molecule has 0 saturated heterocycles. The van der Waals surface area contributed by atoms with E-state index in [1.165, 1.54) is 37.3 Å². The van der Waals surface area contributed by atoms with Crippen molar-refractivity contribution >= 4 is 21.6 Å². The standard InChI is InChI=1S/C40H46N6O6S/c1-40(2,39(47)44(3)23-24-52-36-25-31(19-21-42-36)35-18-13-30-7-6-8-34(30)38(35)41)46-22-20-37(43-46)53(48,49)45(26-28-9-14-32(50-4)15-10-28)27-29-11-16-33(51-5)17-12-29/h9-22,25H,6-8,23-24,26-27,41H2,1-5H3. The van der Waals surface area contributed by atoms with E-state index in [0.717, 1.165) is 47.2 Å². The second-order valence-corrected chi connectivity index (χ2v) is 15.5. The number of hydrogen-bond acceptors (Lipinski definition) is 9. The number of fused-ring (bicyclic) bond motifs is 1. The molecule has 1 aliphatic rings. The van der Waals surface area contributed by atoms with Crippen LogP contribution in [0.25, 0.3) is 11.1 Å². The third-order valence-corrected chi connectivity index (χ3v) is 11.4. The maximum atomic E-state index is 14.2. The topological polar surface area (TPSA) is 142 Å². The van der Waals surface area contributed by atoms with E-state index >= 15 is 0 Å². The number of amides is 1. The maximum Gasteiger partial charge on any atom is 0.262 e. The van der Waals surface area contributed by atoms with Crippen molar-refractivity contribution in [3.63, 3.8) is 0 Å². The van der Waals surface area contributed by atoms with E-state index in [9.17, 15) is 13.2 Å². The van der Waals surface area contributed by atoms with Gasteiger partial charge in [-0.1, -0.05) is 36.4 Å². The lowest BCUT2D eigenvalue weighted by atomic mass is 9.98. The molecule has 13 heteroatoms. The lowest BCUT2D eigenvalue weighted by molar-refractivity contribution is -0.138. The summed E-state index contributed by atoms with van der Waals surface area (Å²) in [5, 5.41) is 4.29. The molecule has 0 unspecified atom stereocenters. The fourth-order valence-corrected chi connectivity index (χ4v) is 7.87. The molecule has 2 heterocycles. The van der Waals surface area contributed by atoms with E-state index in [1.54, 1.807) is 65.6 Å². The van der Waals surface area contributed by atoms with Crippen molar-refractivity contribution in [2.75, 3.05) is 40.2 Å². The van der Waals surface area contributed by atoms with Crippen LogP contribution >= 0.6 is 0 Å². The van der Waals surface area contributed by atoms with Crippen LogP contribution in [0.15, 0.2) is 96.3 Å². The number of nitrogens with two attached hydrogens (primary N) is 1. The number of nitrogen functional groups attached to an aromatic ring is 1. The van der Waals surface area contributed by atoms with Gasteiger partial charge in [-0.2, -0.15) is 9.40 Å².